The maximum Gasteiger partial charge on any atom is 0.238 e. The van der Waals surface area contributed by atoms with Gasteiger partial charge >= 0.3 is 0 Å². The number of benzene rings is 11. The van der Waals surface area contributed by atoms with E-state index in [-0.39, 0.29) is 0 Å². The van der Waals surface area contributed by atoms with E-state index in [2.05, 4.69) is 261 Å². The summed E-state index contributed by atoms with van der Waals surface area (Å²) in [5.41, 5.74) is 16.1. The molecule has 0 aliphatic heterocycles. The summed E-state index contributed by atoms with van der Waals surface area (Å²) >= 11 is 0. The van der Waals surface area contributed by atoms with Gasteiger partial charge in [0.1, 0.15) is 0 Å². The molecule has 7 heteroatoms. The number of hydrogen-bond acceptors (Lipinski definition) is 3. The molecule has 0 aliphatic carbocycles. The normalized spacial score (nSPS) is 11.9. The van der Waals surface area contributed by atoms with Gasteiger partial charge in [-0.25, -0.2) is 4.98 Å². The third-order valence-corrected chi connectivity index (χ3v) is 15.4. The molecule has 0 fully saturated rings. The smallest absolute Gasteiger partial charge is 0.238 e. The standard InChI is InChI=1S/C69H43N7/c1-4-20-44(21-5-1)46-24-18-27-48(42-46)75-62-41-38-49(74-58-33-14-10-28-50(58)51-29-11-15-34-59(51)74)43-57(62)54-40-39-53-52-30-12-16-35-60(52)76(66(53)65(54)75)69-71-67(45-22-6-2-7-23-45)70-68(72-69)56-32-19-37-63-64(56)55-31-13-17-36-61(55)73(63)47-25-8-3-9-26-47/h1-43H. The molecule has 0 N–H and O–H groups in total. The highest BCUT2D eigenvalue weighted by Gasteiger charge is 2.26. The lowest BCUT2D eigenvalue weighted by Crippen LogP contribution is -2.07. The molecule has 0 amide bonds. The van der Waals surface area contributed by atoms with Crippen LogP contribution in [0.3, 0.4) is 0 Å². The van der Waals surface area contributed by atoms with Crippen molar-refractivity contribution in [1.29, 1.82) is 0 Å². The largest absolute Gasteiger partial charge is 0.309 e. The van der Waals surface area contributed by atoms with Crippen LogP contribution in [0.4, 0.5) is 0 Å². The fraction of sp³-hybridized carbons (Fsp3) is 0. The van der Waals surface area contributed by atoms with Crippen LogP contribution in [0.1, 0.15) is 0 Å². The van der Waals surface area contributed by atoms with Gasteiger partial charge in [0.15, 0.2) is 11.6 Å². The summed E-state index contributed by atoms with van der Waals surface area (Å²) in [4.78, 5) is 16.6. The zero-order valence-corrected chi connectivity index (χ0v) is 41.0. The van der Waals surface area contributed by atoms with Gasteiger partial charge < -0.3 is 13.7 Å². The molecule has 7 nitrogen and oxygen atoms in total. The molecule has 76 heavy (non-hydrogen) atoms. The van der Waals surface area contributed by atoms with Crippen molar-refractivity contribution < 1.29 is 0 Å². The van der Waals surface area contributed by atoms with Crippen LogP contribution in [-0.2, 0) is 0 Å². The van der Waals surface area contributed by atoms with Gasteiger partial charge in [-0.2, -0.15) is 9.97 Å². The second-order valence-electron chi connectivity index (χ2n) is 19.6. The highest BCUT2D eigenvalue weighted by atomic mass is 15.2. The Hall–Kier alpha value is -10.4. The molecule has 5 heterocycles. The molecule has 11 aromatic carbocycles. The molecule has 0 aliphatic rings. The summed E-state index contributed by atoms with van der Waals surface area (Å²) in [6, 6.07) is 93.3. The first kappa shape index (κ1) is 42.2. The first-order valence-corrected chi connectivity index (χ1v) is 25.8. The van der Waals surface area contributed by atoms with Crippen molar-refractivity contribution in [1.82, 2.24) is 33.2 Å². The lowest BCUT2D eigenvalue weighted by atomic mass is 10.1. The van der Waals surface area contributed by atoms with Crippen molar-refractivity contribution >= 4 is 87.2 Å². The van der Waals surface area contributed by atoms with E-state index in [9.17, 15) is 0 Å². The van der Waals surface area contributed by atoms with Crippen molar-refractivity contribution in [3.05, 3.63) is 261 Å². The van der Waals surface area contributed by atoms with E-state index in [1.807, 2.05) is 18.2 Å². The highest BCUT2D eigenvalue weighted by molar-refractivity contribution is 6.24. The van der Waals surface area contributed by atoms with Crippen molar-refractivity contribution in [3.63, 3.8) is 0 Å². The van der Waals surface area contributed by atoms with Crippen molar-refractivity contribution in [3.8, 4) is 56.9 Å². The third kappa shape index (κ3) is 6.26. The zero-order chi connectivity index (χ0) is 49.8. The minimum Gasteiger partial charge on any atom is -0.309 e. The van der Waals surface area contributed by atoms with Gasteiger partial charge in [0.2, 0.25) is 5.95 Å². The van der Waals surface area contributed by atoms with Crippen molar-refractivity contribution in [2.45, 2.75) is 0 Å². The lowest BCUT2D eigenvalue weighted by molar-refractivity contribution is 0.954. The first-order valence-electron chi connectivity index (χ1n) is 25.8. The average molecular weight is 970 g/mol. The Labute approximate surface area is 436 Å². The summed E-state index contributed by atoms with van der Waals surface area (Å²) in [5.74, 6) is 1.72. The maximum atomic E-state index is 5.65. The number of nitrogens with zero attached hydrogens (tertiary/aromatic N) is 7. The second kappa shape index (κ2) is 16.6. The van der Waals surface area contributed by atoms with Crippen LogP contribution in [0.15, 0.2) is 261 Å². The molecule has 0 unspecified atom stereocenters. The van der Waals surface area contributed by atoms with E-state index in [4.69, 9.17) is 15.0 Å². The Morgan fingerprint density at radius 2 is 0.697 bits per heavy atom. The molecule has 16 rings (SSSR count). The van der Waals surface area contributed by atoms with Gasteiger partial charge in [-0.15, -0.1) is 0 Å². The summed E-state index contributed by atoms with van der Waals surface area (Å²) in [5, 5.41) is 9.14. The molecular weight excluding hydrogens is 927 g/mol. The van der Waals surface area contributed by atoms with Crippen LogP contribution in [0.2, 0.25) is 0 Å². The van der Waals surface area contributed by atoms with Gasteiger partial charge in [0.25, 0.3) is 0 Å². The van der Waals surface area contributed by atoms with E-state index >= 15 is 0 Å². The van der Waals surface area contributed by atoms with E-state index in [1.165, 1.54) is 21.8 Å². The van der Waals surface area contributed by atoms with E-state index in [0.717, 1.165) is 105 Å². The maximum absolute atomic E-state index is 5.65. The molecule has 354 valence electrons. The fourth-order valence-electron chi connectivity index (χ4n) is 12.2. The van der Waals surface area contributed by atoms with E-state index in [1.54, 1.807) is 0 Å². The molecule has 0 saturated carbocycles. The average Bonchev–Trinajstić information content (AvgIpc) is 4.35. The van der Waals surface area contributed by atoms with Crippen LogP contribution in [-0.4, -0.2) is 33.2 Å². The molecule has 0 atom stereocenters. The monoisotopic (exact) mass is 969 g/mol. The highest BCUT2D eigenvalue weighted by Crippen LogP contribution is 2.44. The van der Waals surface area contributed by atoms with E-state index < -0.39 is 0 Å². The zero-order valence-electron chi connectivity index (χ0n) is 41.0. The number of hydrogen-bond donors (Lipinski definition) is 0. The van der Waals surface area contributed by atoms with Gasteiger partial charge in [-0.3, -0.25) is 4.57 Å². The molecule has 5 aromatic heterocycles. The third-order valence-electron chi connectivity index (χ3n) is 15.4. The lowest BCUT2D eigenvalue weighted by Gasteiger charge is -2.14. The Morgan fingerprint density at radius 1 is 0.237 bits per heavy atom. The molecule has 0 spiro atoms. The number of fused-ring (bicyclic) bond motifs is 13. The Kier molecular flexibility index (Phi) is 9.20. The van der Waals surface area contributed by atoms with Crippen LogP contribution < -0.4 is 0 Å². The Balaban J connectivity index is 1.03. The number of rotatable bonds is 7. The topological polar surface area (TPSA) is 58.4 Å². The Bertz CT molecular complexity index is 4930. The summed E-state index contributed by atoms with van der Waals surface area (Å²) in [6.45, 7) is 0. The van der Waals surface area contributed by atoms with Gasteiger partial charge in [0.05, 0.1) is 44.1 Å². The summed E-state index contributed by atoms with van der Waals surface area (Å²) in [7, 11) is 0. The van der Waals surface area contributed by atoms with Crippen molar-refractivity contribution in [2.24, 2.45) is 0 Å². The molecular formula is C69H43N7. The molecule has 0 bridgehead atoms. The molecule has 0 saturated heterocycles. The van der Waals surface area contributed by atoms with Crippen molar-refractivity contribution in [2.75, 3.05) is 0 Å². The second-order valence-corrected chi connectivity index (χ2v) is 19.6. The molecule has 0 radical (unpaired) electrons. The van der Waals surface area contributed by atoms with Gasteiger partial charge in [0, 0.05) is 71.3 Å². The van der Waals surface area contributed by atoms with Crippen LogP contribution in [0.25, 0.3) is 144 Å². The predicted molar refractivity (Wildman–Crippen MR) is 313 cm³/mol. The van der Waals surface area contributed by atoms with E-state index in [0.29, 0.717) is 17.6 Å². The molecule has 16 aromatic rings. The minimum absolute atomic E-state index is 0.534. The van der Waals surface area contributed by atoms with Gasteiger partial charge in [-0.05, 0) is 83.9 Å². The first-order chi connectivity index (χ1) is 37.7. The Morgan fingerprint density at radius 3 is 1.39 bits per heavy atom. The number of aromatic nitrogens is 7. The predicted octanol–water partition coefficient (Wildman–Crippen LogP) is 17.3. The van der Waals surface area contributed by atoms with Crippen LogP contribution in [0.5, 0.6) is 0 Å². The summed E-state index contributed by atoms with van der Waals surface area (Å²) < 4.78 is 9.51. The minimum atomic E-state index is 0.534. The SMILES string of the molecule is c1ccc(-c2cccc(-n3c4ccc(-n5c6ccccc6c6ccccc65)cc4c4ccc5c6ccccc6n(-c6nc(-c7ccccc7)nc(-c7cccc8c7c7ccccc7n8-c7ccccc7)n6)c5c43)c2)cc1. The van der Waals surface area contributed by atoms with Crippen LogP contribution in [0, 0.1) is 0 Å². The fourth-order valence-corrected chi connectivity index (χ4v) is 12.2. The summed E-state index contributed by atoms with van der Waals surface area (Å²) in [6.07, 6.45) is 0. The number of para-hydroxylation sites is 5. The van der Waals surface area contributed by atoms with Crippen LogP contribution >= 0.6 is 0 Å². The quantitative estimate of drug-likeness (QED) is 0.160. The van der Waals surface area contributed by atoms with Gasteiger partial charge in [-0.1, -0.05) is 188 Å².